The summed E-state index contributed by atoms with van der Waals surface area (Å²) in [5.41, 5.74) is 2.18. The predicted molar refractivity (Wildman–Crippen MR) is 121 cm³/mol. The molecule has 0 fully saturated rings. The molecule has 0 radical (unpaired) electrons. The van der Waals surface area contributed by atoms with Crippen LogP contribution < -0.4 is 4.74 Å². The fraction of sp³-hybridized carbons (Fsp3) is 0.227. The van der Waals surface area contributed by atoms with Crippen LogP contribution in [0.3, 0.4) is 0 Å². The Morgan fingerprint density at radius 1 is 1.21 bits per heavy atom. The number of aliphatic carboxylic acids is 1. The molecule has 2 aromatic heterocycles. The molecule has 0 amide bonds. The number of carboxylic acid groups (broad SMARTS) is 1. The van der Waals surface area contributed by atoms with Crippen LogP contribution in [-0.2, 0) is 23.8 Å². The van der Waals surface area contributed by atoms with Gasteiger partial charge in [-0.3, -0.25) is 0 Å². The summed E-state index contributed by atoms with van der Waals surface area (Å²) in [5.74, 6) is -0.0193. The Bertz CT molecular complexity index is 1310. The van der Waals surface area contributed by atoms with Gasteiger partial charge in [0.25, 0.3) is 0 Å². The van der Waals surface area contributed by atoms with Crippen molar-refractivity contribution >= 4 is 40.1 Å². The second-order valence-corrected chi connectivity index (χ2v) is 9.29. The van der Waals surface area contributed by atoms with Gasteiger partial charge in [0.05, 0.1) is 17.6 Å². The lowest BCUT2D eigenvalue weighted by Gasteiger charge is -2.09. The van der Waals surface area contributed by atoms with Gasteiger partial charge in [-0.2, -0.15) is 13.2 Å². The number of halogens is 3. The minimum atomic E-state index is -4.37. The second-order valence-electron chi connectivity index (χ2n) is 7.19. The number of thiazole rings is 1. The fourth-order valence-corrected chi connectivity index (χ4v) is 5.43. The highest BCUT2D eigenvalue weighted by atomic mass is 32.2. The van der Waals surface area contributed by atoms with Gasteiger partial charge in [0.2, 0.25) is 0 Å². The van der Waals surface area contributed by atoms with Crippen LogP contribution in [0.5, 0.6) is 5.75 Å². The number of ether oxygens (including phenoxy) is 1. The zero-order valence-corrected chi connectivity index (χ0v) is 19.1. The van der Waals surface area contributed by atoms with Crippen molar-refractivity contribution in [2.75, 3.05) is 6.61 Å². The largest absolute Gasteiger partial charge is 0.480 e. The average Bonchev–Trinajstić information content (AvgIpc) is 3.34. The van der Waals surface area contributed by atoms with E-state index < -0.39 is 24.3 Å². The van der Waals surface area contributed by atoms with Crippen molar-refractivity contribution in [3.05, 3.63) is 58.9 Å². The van der Waals surface area contributed by atoms with Crippen LogP contribution in [0, 0.1) is 6.92 Å². The van der Waals surface area contributed by atoms with Crippen molar-refractivity contribution in [3.8, 4) is 16.3 Å². The van der Waals surface area contributed by atoms with Crippen LogP contribution in [0.15, 0.2) is 47.6 Å². The van der Waals surface area contributed by atoms with E-state index in [0.717, 1.165) is 27.6 Å². The lowest BCUT2D eigenvalue weighted by Crippen LogP contribution is -2.10. The van der Waals surface area contributed by atoms with Gasteiger partial charge in [-0.15, -0.1) is 23.1 Å². The van der Waals surface area contributed by atoms with Gasteiger partial charge in [-0.1, -0.05) is 12.1 Å². The van der Waals surface area contributed by atoms with Gasteiger partial charge < -0.3 is 14.4 Å². The number of hydrogen-bond acceptors (Lipinski definition) is 6. The Morgan fingerprint density at radius 3 is 2.61 bits per heavy atom. The Kier molecular flexibility index (Phi) is 6.35. The van der Waals surface area contributed by atoms with Crippen LogP contribution in [0.2, 0.25) is 0 Å². The number of alkyl halides is 3. The van der Waals surface area contributed by atoms with Crippen LogP contribution >= 0.6 is 23.1 Å². The molecule has 0 saturated heterocycles. The maximum atomic E-state index is 12.8. The molecule has 11 heteroatoms. The maximum Gasteiger partial charge on any atom is 0.416 e. The third-order valence-corrected chi connectivity index (χ3v) is 7.31. The molecule has 2 aromatic carbocycles. The number of thioether (sulfide) groups is 1. The molecule has 0 aliphatic rings. The number of aryl methyl sites for hydroxylation is 2. The molecule has 0 atom stereocenters. The molecule has 1 N–H and O–H groups in total. The lowest BCUT2D eigenvalue weighted by molar-refractivity contribution is -0.139. The van der Waals surface area contributed by atoms with Gasteiger partial charge in [-0.05, 0) is 31.2 Å². The molecule has 0 bridgehead atoms. The summed E-state index contributed by atoms with van der Waals surface area (Å²) in [5, 5.41) is 9.55. The zero-order chi connectivity index (χ0) is 23.8. The Morgan fingerprint density at radius 2 is 1.94 bits per heavy atom. The van der Waals surface area contributed by atoms with E-state index in [9.17, 15) is 18.0 Å². The summed E-state index contributed by atoms with van der Waals surface area (Å²) in [6, 6.07) is 8.56. The molecular formula is C22H18F3N3O3S2. The van der Waals surface area contributed by atoms with E-state index in [4.69, 9.17) is 9.84 Å². The number of imidazole rings is 1. The third-order valence-electron chi connectivity index (χ3n) is 4.85. The van der Waals surface area contributed by atoms with E-state index in [1.165, 1.54) is 23.5 Å². The Hall–Kier alpha value is -3.05. The smallest absolute Gasteiger partial charge is 0.416 e. The monoisotopic (exact) mass is 493 g/mol. The molecular weight excluding hydrogens is 475 g/mol. The molecule has 0 spiro atoms. The molecule has 0 unspecified atom stereocenters. The topological polar surface area (TPSA) is 77.2 Å². The van der Waals surface area contributed by atoms with E-state index in [1.54, 1.807) is 35.8 Å². The molecule has 2 heterocycles. The first kappa shape index (κ1) is 23.1. The molecule has 33 heavy (non-hydrogen) atoms. The predicted octanol–water partition coefficient (Wildman–Crippen LogP) is 5.78. The van der Waals surface area contributed by atoms with Crippen LogP contribution in [-0.4, -0.2) is 32.2 Å². The molecule has 4 rings (SSSR count). The van der Waals surface area contributed by atoms with Crippen molar-refractivity contribution in [2.24, 2.45) is 7.05 Å². The van der Waals surface area contributed by atoms with Crippen molar-refractivity contribution in [1.82, 2.24) is 14.5 Å². The number of benzene rings is 2. The van der Waals surface area contributed by atoms with E-state index in [0.29, 0.717) is 33.1 Å². The number of aromatic nitrogens is 3. The SMILES string of the molecule is Cc1nc(-c2ccc(C(F)(F)F)cc2)sc1CSc1ccc(OCC(=O)O)c2c1ncn2C. The third kappa shape index (κ3) is 4.98. The summed E-state index contributed by atoms with van der Waals surface area (Å²) >= 11 is 2.99. The van der Waals surface area contributed by atoms with Crippen molar-refractivity contribution in [3.63, 3.8) is 0 Å². The fourth-order valence-electron chi connectivity index (χ4n) is 3.21. The van der Waals surface area contributed by atoms with Gasteiger partial charge in [-0.25, -0.2) is 14.8 Å². The number of carbonyl (C=O) groups is 1. The van der Waals surface area contributed by atoms with E-state index >= 15 is 0 Å². The molecule has 172 valence electrons. The van der Waals surface area contributed by atoms with Crippen LogP contribution in [0.4, 0.5) is 13.2 Å². The Labute approximate surface area is 195 Å². The summed E-state index contributed by atoms with van der Waals surface area (Å²) in [6.07, 6.45) is -2.73. The lowest BCUT2D eigenvalue weighted by atomic mass is 10.1. The first-order chi connectivity index (χ1) is 15.6. The first-order valence-electron chi connectivity index (χ1n) is 9.69. The highest BCUT2D eigenvalue weighted by molar-refractivity contribution is 7.98. The highest BCUT2D eigenvalue weighted by Crippen LogP contribution is 2.38. The van der Waals surface area contributed by atoms with Crippen molar-refractivity contribution < 1.29 is 27.8 Å². The number of carboxylic acids is 1. The van der Waals surface area contributed by atoms with E-state index in [-0.39, 0.29) is 0 Å². The number of rotatable bonds is 7. The molecule has 0 saturated carbocycles. The van der Waals surface area contributed by atoms with Gasteiger partial charge in [0.1, 0.15) is 21.8 Å². The molecule has 6 nitrogen and oxygen atoms in total. The normalized spacial score (nSPS) is 11.8. The standard InChI is InChI=1S/C22H18F3N3O3S2/c1-12-17(33-21(27-12)13-3-5-14(6-4-13)22(23,24)25)10-32-16-8-7-15(31-9-18(29)30)20-19(16)26-11-28(20)2/h3-8,11H,9-10H2,1-2H3,(H,29,30). The summed E-state index contributed by atoms with van der Waals surface area (Å²) in [4.78, 5) is 21.7. The minimum absolute atomic E-state index is 0.440. The van der Waals surface area contributed by atoms with Crippen LogP contribution in [0.1, 0.15) is 16.1 Å². The average molecular weight is 494 g/mol. The quantitative estimate of drug-likeness (QED) is 0.329. The summed E-state index contributed by atoms with van der Waals surface area (Å²) in [6.45, 7) is 1.43. The second kappa shape index (κ2) is 9.06. The number of fused-ring (bicyclic) bond motifs is 1. The molecule has 0 aliphatic heterocycles. The maximum absolute atomic E-state index is 12.8. The van der Waals surface area contributed by atoms with Crippen LogP contribution in [0.25, 0.3) is 21.6 Å². The first-order valence-corrected chi connectivity index (χ1v) is 11.5. The van der Waals surface area contributed by atoms with Gasteiger partial charge in [0, 0.05) is 28.1 Å². The minimum Gasteiger partial charge on any atom is -0.480 e. The number of nitrogens with zero attached hydrogens (tertiary/aromatic N) is 3. The Balaban J connectivity index is 1.54. The summed E-state index contributed by atoms with van der Waals surface area (Å²) < 4.78 is 45.6. The summed E-state index contributed by atoms with van der Waals surface area (Å²) in [7, 11) is 1.81. The highest BCUT2D eigenvalue weighted by Gasteiger charge is 2.30. The van der Waals surface area contributed by atoms with Gasteiger partial charge in [0.15, 0.2) is 6.61 Å². The van der Waals surface area contributed by atoms with Gasteiger partial charge >= 0.3 is 12.1 Å². The van der Waals surface area contributed by atoms with Crippen molar-refractivity contribution in [2.45, 2.75) is 23.7 Å². The van der Waals surface area contributed by atoms with E-state index in [2.05, 4.69) is 9.97 Å². The molecule has 4 aromatic rings. The van der Waals surface area contributed by atoms with E-state index in [1.807, 2.05) is 13.0 Å². The zero-order valence-electron chi connectivity index (χ0n) is 17.5. The number of hydrogen-bond donors (Lipinski definition) is 1. The molecule has 0 aliphatic carbocycles. The van der Waals surface area contributed by atoms with Crippen molar-refractivity contribution in [1.29, 1.82) is 0 Å².